The largest absolute Gasteiger partial charge is 0.490 e. The monoisotopic (exact) mass is 275 g/mol. The van der Waals surface area contributed by atoms with Gasteiger partial charge in [-0.1, -0.05) is 38.5 Å². The lowest BCUT2D eigenvalue weighted by molar-refractivity contribution is 0.0331. The van der Waals surface area contributed by atoms with E-state index in [1.54, 1.807) is 0 Å². The maximum Gasteiger partial charge on any atom is 0.119 e. The van der Waals surface area contributed by atoms with Gasteiger partial charge in [-0.15, -0.1) is 0 Å². The van der Waals surface area contributed by atoms with E-state index in [4.69, 9.17) is 10.5 Å². The molecule has 1 saturated carbocycles. The zero-order valence-corrected chi connectivity index (χ0v) is 13.4. The summed E-state index contributed by atoms with van der Waals surface area (Å²) in [6, 6.07) is 8.36. The molecule has 3 atom stereocenters. The Hall–Kier alpha value is -1.02. The Kier molecular flexibility index (Phi) is 4.74. The third-order valence-corrected chi connectivity index (χ3v) is 4.76. The van der Waals surface area contributed by atoms with Crippen molar-refractivity contribution >= 4 is 0 Å². The zero-order valence-electron chi connectivity index (χ0n) is 13.4. The van der Waals surface area contributed by atoms with Gasteiger partial charge in [0.2, 0.25) is 0 Å². The van der Waals surface area contributed by atoms with Gasteiger partial charge in [0.15, 0.2) is 0 Å². The van der Waals surface area contributed by atoms with E-state index >= 15 is 0 Å². The SMILES string of the molecule is Cc1ccc(OC2CC(C(C)(C)C)CCC2CN)cc1. The number of nitrogens with two attached hydrogens (primary N) is 1. The second-order valence-electron chi connectivity index (χ2n) is 7.34. The van der Waals surface area contributed by atoms with Crippen LogP contribution in [0, 0.1) is 24.2 Å². The summed E-state index contributed by atoms with van der Waals surface area (Å²) >= 11 is 0. The third kappa shape index (κ3) is 3.76. The van der Waals surface area contributed by atoms with Crippen molar-refractivity contribution in [2.24, 2.45) is 23.0 Å². The molecule has 1 aliphatic rings. The Morgan fingerprint density at radius 1 is 1.15 bits per heavy atom. The first-order chi connectivity index (χ1) is 9.40. The molecule has 2 rings (SSSR count). The maximum atomic E-state index is 6.26. The van der Waals surface area contributed by atoms with Crippen LogP contribution >= 0.6 is 0 Å². The number of ether oxygens (including phenoxy) is 1. The molecule has 2 heteroatoms. The van der Waals surface area contributed by atoms with Gasteiger partial charge in [-0.05, 0) is 56.2 Å². The van der Waals surface area contributed by atoms with E-state index in [9.17, 15) is 0 Å². The summed E-state index contributed by atoms with van der Waals surface area (Å²) in [6.45, 7) is 9.84. The first-order valence-corrected chi connectivity index (χ1v) is 7.83. The van der Waals surface area contributed by atoms with Crippen LogP contribution in [0.3, 0.4) is 0 Å². The van der Waals surface area contributed by atoms with Crippen molar-refractivity contribution < 1.29 is 4.74 Å². The third-order valence-electron chi connectivity index (χ3n) is 4.76. The number of hydrogen-bond acceptors (Lipinski definition) is 2. The van der Waals surface area contributed by atoms with Crippen molar-refractivity contribution in [2.45, 2.75) is 53.1 Å². The lowest BCUT2D eigenvalue weighted by atomic mass is 9.68. The molecule has 3 unspecified atom stereocenters. The Morgan fingerprint density at radius 3 is 2.35 bits per heavy atom. The Bertz CT molecular complexity index is 418. The fourth-order valence-corrected chi connectivity index (χ4v) is 3.18. The minimum Gasteiger partial charge on any atom is -0.490 e. The molecule has 0 aromatic heterocycles. The van der Waals surface area contributed by atoms with Gasteiger partial charge >= 0.3 is 0 Å². The molecular weight excluding hydrogens is 246 g/mol. The lowest BCUT2D eigenvalue weighted by Crippen LogP contribution is -2.41. The second kappa shape index (κ2) is 6.17. The van der Waals surface area contributed by atoms with Crippen LogP contribution in [-0.4, -0.2) is 12.6 Å². The number of hydrogen-bond donors (Lipinski definition) is 1. The van der Waals surface area contributed by atoms with E-state index in [0.29, 0.717) is 11.3 Å². The molecule has 0 aliphatic heterocycles. The van der Waals surface area contributed by atoms with Crippen LogP contribution in [0.25, 0.3) is 0 Å². The van der Waals surface area contributed by atoms with Crippen LogP contribution in [0.4, 0.5) is 0 Å². The summed E-state index contributed by atoms with van der Waals surface area (Å²) in [4.78, 5) is 0. The predicted molar refractivity (Wildman–Crippen MR) is 84.9 cm³/mol. The normalized spacial score (nSPS) is 27.4. The fourth-order valence-electron chi connectivity index (χ4n) is 3.18. The topological polar surface area (TPSA) is 35.2 Å². The molecule has 0 amide bonds. The van der Waals surface area contributed by atoms with Crippen LogP contribution in [0.2, 0.25) is 0 Å². The van der Waals surface area contributed by atoms with E-state index in [2.05, 4.69) is 52.0 Å². The summed E-state index contributed by atoms with van der Waals surface area (Å²) in [5, 5.41) is 0. The summed E-state index contributed by atoms with van der Waals surface area (Å²) in [5.74, 6) is 2.20. The van der Waals surface area contributed by atoms with E-state index in [0.717, 1.165) is 24.6 Å². The molecule has 1 fully saturated rings. The van der Waals surface area contributed by atoms with E-state index in [1.807, 2.05) is 0 Å². The first kappa shape index (κ1) is 15.4. The lowest BCUT2D eigenvalue weighted by Gasteiger charge is -2.41. The maximum absolute atomic E-state index is 6.26. The Balaban J connectivity index is 2.07. The average Bonchev–Trinajstić information content (AvgIpc) is 2.40. The van der Waals surface area contributed by atoms with Gasteiger partial charge in [-0.2, -0.15) is 0 Å². The molecule has 1 aromatic rings. The second-order valence-corrected chi connectivity index (χ2v) is 7.34. The highest BCUT2D eigenvalue weighted by Gasteiger charge is 2.36. The van der Waals surface area contributed by atoms with Crippen molar-refractivity contribution in [1.82, 2.24) is 0 Å². The summed E-state index contributed by atoms with van der Waals surface area (Å²) in [6.07, 6.45) is 3.86. The molecule has 0 radical (unpaired) electrons. The standard InChI is InChI=1S/C18H29NO/c1-13-5-9-16(10-6-13)20-17-11-15(18(2,3)4)8-7-14(17)12-19/h5-6,9-10,14-15,17H,7-8,11-12,19H2,1-4H3. The molecule has 1 aliphatic carbocycles. The summed E-state index contributed by atoms with van der Waals surface area (Å²) < 4.78 is 6.26. The molecular formula is C18H29NO. The quantitative estimate of drug-likeness (QED) is 0.899. The van der Waals surface area contributed by atoms with Gasteiger partial charge in [0.25, 0.3) is 0 Å². The van der Waals surface area contributed by atoms with Crippen molar-refractivity contribution in [3.8, 4) is 5.75 Å². The van der Waals surface area contributed by atoms with Gasteiger partial charge in [-0.25, -0.2) is 0 Å². The van der Waals surface area contributed by atoms with Crippen LogP contribution in [0.1, 0.15) is 45.6 Å². The Labute approximate surface area is 123 Å². The first-order valence-electron chi connectivity index (χ1n) is 7.83. The number of aryl methyl sites for hydroxylation is 1. The highest BCUT2D eigenvalue weighted by molar-refractivity contribution is 5.26. The summed E-state index contributed by atoms with van der Waals surface area (Å²) in [7, 11) is 0. The number of benzene rings is 1. The van der Waals surface area contributed by atoms with E-state index in [-0.39, 0.29) is 6.10 Å². The highest BCUT2D eigenvalue weighted by atomic mass is 16.5. The van der Waals surface area contributed by atoms with Crippen molar-refractivity contribution in [1.29, 1.82) is 0 Å². The minimum absolute atomic E-state index is 0.265. The molecule has 20 heavy (non-hydrogen) atoms. The molecule has 2 nitrogen and oxygen atoms in total. The highest BCUT2D eigenvalue weighted by Crippen LogP contribution is 2.41. The molecule has 0 saturated heterocycles. The van der Waals surface area contributed by atoms with Gasteiger partial charge in [0.05, 0.1) is 0 Å². The zero-order chi connectivity index (χ0) is 14.8. The molecule has 1 aromatic carbocycles. The van der Waals surface area contributed by atoms with Crippen molar-refractivity contribution in [3.05, 3.63) is 29.8 Å². The van der Waals surface area contributed by atoms with Crippen LogP contribution in [-0.2, 0) is 0 Å². The van der Waals surface area contributed by atoms with Gasteiger partial charge in [0.1, 0.15) is 11.9 Å². The van der Waals surface area contributed by atoms with Crippen LogP contribution in [0.5, 0.6) is 5.75 Å². The van der Waals surface area contributed by atoms with Crippen molar-refractivity contribution in [3.63, 3.8) is 0 Å². The van der Waals surface area contributed by atoms with E-state index in [1.165, 1.54) is 18.4 Å². The smallest absolute Gasteiger partial charge is 0.119 e. The average molecular weight is 275 g/mol. The van der Waals surface area contributed by atoms with Gasteiger partial charge in [0, 0.05) is 5.92 Å². The minimum atomic E-state index is 0.265. The fraction of sp³-hybridized carbons (Fsp3) is 0.667. The van der Waals surface area contributed by atoms with Crippen molar-refractivity contribution in [2.75, 3.05) is 6.54 Å². The molecule has 0 heterocycles. The van der Waals surface area contributed by atoms with E-state index < -0.39 is 0 Å². The molecule has 2 N–H and O–H groups in total. The van der Waals surface area contributed by atoms with Gasteiger partial charge < -0.3 is 10.5 Å². The predicted octanol–water partition coefficient (Wildman–Crippen LogP) is 4.16. The molecule has 112 valence electrons. The van der Waals surface area contributed by atoms with Crippen LogP contribution in [0.15, 0.2) is 24.3 Å². The number of rotatable bonds is 3. The molecule has 0 spiro atoms. The Morgan fingerprint density at radius 2 is 1.80 bits per heavy atom. The molecule has 0 bridgehead atoms. The van der Waals surface area contributed by atoms with Gasteiger partial charge in [-0.3, -0.25) is 0 Å². The summed E-state index contributed by atoms with van der Waals surface area (Å²) in [5.41, 5.74) is 7.57. The van der Waals surface area contributed by atoms with Crippen LogP contribution < -0.4 is 10.5 Å².